The molecule has 2 fully saturated rings. The number of piperidine rings is 1. The summed E-state index contributed by atoms with van der Waals surface area (Å²) in [6.45, 7) is 2.54. The summed E-state index contributed by atoms with van der Waals surface area (Å²) in [6.07, 6.45) is 4.01. The van der Waals surface area contributed by atoms with Crippen molar-refractivity contribution in [3.63, 3.8) is 0 Å². The van der Waals surface area contributed by atoms with Gasteiger partial charge in [-0.05, 0) is 55.9 Å². The average molecular weight is 485 g/mol. The van der Waals surface area contributed by atoms with Gasteiger partial charge in [-0.1, -0.05) is 0 Å². The number of nitrogens with one attached hydrogen (secondary N) is 1. The van der Waals surface area contributed by atoms with Crippen molar-refractivity contribution in [2.24, 2.45) is 11.7 Å². The Morgan fingerprint density at radius 1 is 1.26 bits per heavy atom. The first kappa shape index (κ1) is 24.5. The number of hydrogen-bond donors (Lipinski definition) is 2. The summed E-state index contributed by atoms with van der Waals surface area (Å²) >= 11 is 0. The zero-order valence-electron chi connectivity index (χ0n) is 19.4. The third-order valence-corrected chi connectivity index (χ3v) is 6.72. The number of primary amides is 1. The number of rotatable bonds is 7. The van der Waals surface area contributed by atoms with Gasteiger partial charge in [0.1, 0.15) is 11.4 Å². The van der Waals surface area contributed by atoms with Gasteiger partial charge in [0, 0.05) is 38.2 Å². The lowest BCUT2D eigenvalue weighted by atomic mass is 9.85. The minimum Gasteiger partial charge on any atom is -0.449 e. The number of ether oxygens (including phenoxy) is 2. The van der Waals surface area contributed by atoms with Crippen LogP contribution in [0.25, 0.3) is 0 Å². The molecule has 1 aromatic heterocycles. The van der Waals surface area contributed by atoms with Gasteiger partial charge in [0.05, 0.1) is 24.6 Å². The quantitative estimate of drug-likeness (QED) is 0.616. The molecule has 0 aliphatic carbocycles. The highest BCUT2D eigenvalue weighted by atomic mass is 19.1. The molecule has 0 unspecified atom stereocenters. The Hall–Kier alpha value is -3.65. The molecular formula is C24H29FN6O4. The number of nitrogens with two attached hydrogens (primary N) is 1. The largest absolute Gasteiger partial charge is 0.449 e. The van der Waals surface area contributed by atoms with Crippen LogP contribution in [-0.4, -0.2) is 59.6 Å². The number of carbonyl (C=O) groups excluding carboxylic acids is 2. The molecule has 2 saturated heterocycles. The van der Waals surface area contributed by atoms with Gasteiger partial charge in [0.25, 0.3) is 5.91 Å². The van der Waals surface area contributed by atoms with E-state index in [1.807, 2.05) is 0 Å². The van der Waals surface area contributed by atoms with Crippen molar-refractivity contribution in [2.45, 2.75) is 37.6 Å². The van der Waals surface area contributed by atoms with Crippen molar-refractivity contribution in [1.29, 1.82) is 5.26 Å². The summed E-state index contributed by atoms with van der Waals surface area (Å²) in [5.41, 5.74) is 5.56. The minimum absolute atomic E-state index is 0.147. The van der Waals surface area contributed by atoms with Crippen molar-refractivity contribution in [3.8, 4) is 6.07 Å². The average Bonchev–Trinajstić information content (AvgIpc) is 3.30. The molecule has 186 valence electrons. The number of carbonyl (C=O) groups is 2. The first-order valence-corrected chi connectivity index (χ1v) is 11.7. The number of aromatic nitrogens is 2. The molecule has 0 radical (unpaired) electrons. The number of likely N-dealkylation sites (tertiary alicyclic amines) is 1. The molecule has 2 aromatic rings. The van der Waals surface area contributed by atoms with Gasteiger partial charge in [-0.3, -0.25) is 9.48 Å². The second-order valence-corrected chi connectivity index (χ2v) is 9.01. The number of nitriles is 1. The number of benzene rings is 1. The molecule has 10 nitrogen and oxygen atoms in total. The van der Waals surface area contributed by atoms with E-state index in [9.17, 15) is 19.2 Å². The van der Waals surface area contributed by atoms with Crippen LogP contribution < -0.4 is 11.1 Å². The highest BCUT2D eigenvalue weighted by molar-refractivity contribution is 5.98. The van der Waals surface area contributed by atoms with Gasteiger partial charge in [-0.25, -0.2) is 9.18 Å². The maximum atomic E-state index is 13.3. The number of hydrogen-bond acceptors (Lipinski definition) is 7. The Kier molecular flexibility index (Phi) is 7.51. The molecule has 3 heterocycles. The van der Waals surface area contributed by atoms with Crippen LogP contribution in [-0.2, 0) is 15.0 Å². The molecule has 0 saturated carbocycles. The van der Waals surface area contributed by atoms with Crippen LogP contribution in [0.15, 0.2) is 30.5 Å². The molecule has 1 aromatic carbocycles. The molecule has 0 bridgehead atoms. The van der Waals surface area contributed by atoms with E-state index >= 15 is 0 Å². The fraction of sp³-hybridized carbons (Fsp3) is 0.500. The second kappa shape index (κ2) is 10.7. The smallest absolute Gasteiger partial charge is 0.409 e. The number of nitrogens with zero attached hydrogens (tertiary/aromatic N) is 4. The van der Waals surface area contributed by atoms with Crippen LogP contribution in [0, 0.1) is 23.1 Å². The van der Waals surface area contributed by atoms with E-state index in [-0.39, 0.29) is 29.7 Å². The lowest BCUT2D eigenvalue weighted by molar-refractivity contribution is 0.0220. The summed E-state index contributed by atoms with van der Waals surface area (Å²) in [7, 11) is 0. The minimum atomic E-state index is -0.709. The van der Waals surface area contributed by atoms with Crippen LogP contribution in [0.2, 0.25) is 0 Å². The molecule has 0 spiro atoms. The van der Waals surface area contributed by atoms with Gasteiger partial charge in [0.2, 0.25) is 0 Å². The Bertz CT molecular complexity index is 1080. The van der Waals surface area contributed by atoms with Gasteiger partial charge in [-0.2, -0.15) is 10.4 Å². The van der Waals surface area contributed by atoms with E-state index in [2.05, 4.69) is 16.5 Å². The normalized spacial score (nSPS) is 18.0. The van der Waals surface area contributed by atoms with Crippen molar-refractivity contribution in [2.75, 3.05) is 38.2 Å². The zero-order chi connectivity index (χ0) is 24.8. The van der Waals surface area contributed by atoms with Crippen molar-refractivity contribution < 1.29 is 23.5 Å². The fourth-order valence-electron chi connectivity index (χ4n) is 4.49. The highest BCUT2D eigenvalue weighted by Gasteiger charge is 2.40. The number of anilines is 2. The number of amides is 2. The van der Waals surface area contributed by atoms with Crippen LogP contribution in [0.5, 0.6) is 0 Å². The zero-order valence-corrected chi connectivity index (χ0v) is 19.4. The van der Waals surface area contributed by atoms with E-state index in [0.29, 0.717) is 57.4 Å². The second-order valence-electron chi connectivity index (χ2n) is 9.01. The summed E-state index contributed by atoms with van der Waals surface area (Å²) in [5.74, 6) is -0.525. The lowest BCUT2D eigenvalue weighted by Crippen LogP contribution is -2.48. The van der Waals surface area contributed by atoms with E-state index in [1.165, 1.54) is 30.5 Å². The fourth-order valence-corrected chi connectivity index (χ4v) is 4.49. The van der Waals surface area contributed by atoms with Gasteiger partial charge in [0.15, 0.2) is 5.82 Å². The standard InChI is InChI=1S/C24H29FN6O4/c25-18-1-3-19(4-2-18)28-22-20(21(27)32)15-31(29-22)24(7-10-26)8-11-30(12-9-24)23(33)35-16-17-5-13-34-14-6-17/h1-4,15,17H,5-9,11-14,16H2,(H2,27,32)(H,28,29). The Labute approximate surface area is 202 Å². The van der Waals surface area contributed by atoms with Gasteiger partial charge < -0.3 is 25.4 Å². The van der Waals surface area contributed by atoms with E-state index in [4.69, 9.17) is 15.2 Å². The predicted octanol–water partition coefficient (Wildman–Crippen LogP) is 3.13. The third-order valence-electron chi connectivity index (χ3n) is 6.72. The van der Waals surface area contributed by atoms with Crippen molar-refractivity contribution in [1.82, 2.24) is 14.7 Å². The molecule has 3 N–H and O–H groups in total. The first-order valence-electron chi connectivity index (χ1n) is 11.7. The Morgan fingerprint density at radius 2 is 1.94 bits per heavy atom. The first-order chi connectivity index (χ1) is 16.9. The molecule has 11 heteroatoms. The molecule has 2 aliphatic heterocycles. The van der Waals surface area contributed by atoms with Crippen molar-refractivity contribution in [3.05, 3.63) is 41.8 Å². The summed E-state index contributed by atoms with van der Waals surface area (Å²) < 4.78 is 25.7. The molecule has 4 rings (SSSR count). The van der Waals surface area contributed by atoms with E-state index < -0.39 is 11.4 Å². The lowest BCUT2D eigenvalue weighted by Gasteiger charge is -2.40. The van der Waals surface area contributed by atoms with Crippen LogP contribution in [0.3, 0.4) is 0 Å². The maximum absolute atomic E-state index is 13.3. The monoisotopic (exact) mass is 484 g/mol. The summed E-state index contributed by atoms with van der Waals surface area (Å²) in [6, 6.07) is 7.84. The molecule has 0 atom stereocenters. The molecule has 2 amide bonds. The van der Waals surface area contributed by atoms with E-state index in [0.717, 1.165) is 12.8 Å². The summed E-state index contributed by atoms with van der Waals surface area (Å²) in [4.78, 5) is 26.3. The predicted molar refractivity (Wildman–Crippen MR) is 124 cm³/mol. The van der Waals surface area contributed by atoms with Gasteiger partial charge >= 0.3 is 6.09 Å². The third kappa shape index (κ3) is 5.71. The topological polar surface area (TPSA) is 136 Å². The Balaban J connectivity index is 1.46. The van der Waals surface area contributed by atoms with E-state index in [1.54, 1.807) is 9.58 Å². The molecule has 2 aliphatic rings. The van der Waals surface area contributed by atoms with Gasteiger partial charge in [-0.15, -0.1) is 0 Å². The molecular weight excluding hydrogens is 455 g/mol. The number of halogens is 1. The van der Waals surface area contributed by atoms with Crippen LogP contribution >= 0.6 is 0 Å². The molecule has 35 heavy (non-hydrogen) atoms. The van der Waals surface area contributed by atoms with Crippen LogP contribution in [0.4, 0.5) is 20.7 Å². The Morgan fingerprint density at radius 3 is 2.57 bits per heavy atom. The van der Waals surface area contributed by atoms with Crippen molar-refractivity contribution >= 4 is 23.5 Å². The SMILES string of the molecule is N#CCC1(n2cc(C(N)=O)c(Nc3ccc(F)cc3)n2)CCN(C(=O)OCC2CCOCC2)CC1. The summed E-state index contributed by atoms with van der Waals surface area (Å²) in [5, 5.41) is 17.1. The maximum Gasteiger partial charge on any atom is 0.409 e. The van der Waals surface area contributed by atoms with Crippen LogP contribution in [0.1, 0.15) is 42.5 Å². The highest BCUT2D eigenvalue weighted by Crippen LogP contribution is 2.35.